The van der Waals surface area contributed by atoms with Gasteiger partial charge in [0.05, 0.1) is 12.8 Å². The fourth-order valence-corrected chi connectivity index (χ4v) is 1.62. The zero-order chi connectivity index (χ0) is 11.4. The van der Waals surface area contributed by atoms with E-state index < -0.39 is 0 Å². The Morgan fingerprint density at radius 1 is 1.38 bits per heavy atom. The molecule has 0 atom stereocenters. The molecule has 1 aliphatic rings. The molecule has 1 aliphatic heterocycles. The van der Waals surface area contributed by atoms with Crippen molar-refractivity contribution in [2.75, 3.05) is 6.61 Å². The first kappa shape index (κ1) is 10.5. The van der Waals surface area contributed by atoms with Crippen molar-refractivity contribution in [2.24, 2.45) is 21.7 Å². The Hall–Kier alpha value is -2.04. The van der Waals surface area contributed by atoms with Crippen LogP contribution in [0.15, 0.2) is 28.4 Å². The molecule has 1 aromatic rings. The minimum Gasteiger partial charge on any atom is -0.493 e. The van der Waals surface area contributed by atoms with Crippen LogP contribution in [-0.4, -0.2) is 18.8 Å². The highest BCUT2D eigenvalue weighted by Crippen LogP contribution is 2.24. The second-order valence-corrected chi connectivity index (χ2v) is 3.59. The predicted octanol–water partition coefficient (Wildman–Crippen LogP) is 0.619. The van der Waals surface area contributed by atoms with Gasteiger partial charge in [-0.2, -0.15) is 5.10 Å². The number of fused-ring (bicyclic) bond motifs is 1. The monoisotopic (exact) mass is 218 g/mol. The highest BCUT2D eigenvalue weighted by atomic mass is 16.5. The summed E-state index contributed by atoms with van der Waals surface area (Å²) < 4.78 is 5.51. The average molecular weight is 218 g/mol. The van der Waals surface area contributed by atoms with Crippen LogP contribution in [0.4, 0.5) is 0 Å². The van der Waals surface area contributed by atoms with E-state index >= 15 is 0 Å². The lowest BCUT2D eigenvalue weighted by molar-refractivity contribution is 0.288. The third-order valence-electron chi connectivity index (χ3n) is 2.31. The van der Waals surface area contributed by atoms with Crippen LogP contribution in [0.5, 0.6) is 5.75 Å². The lowest BCUT2D eigenvalue weighted by atomic mass is 10.0. The van der Waals surface area contributed by atoms with E-state index in [2.05, 4.69) is 10.2 Å². The fourth-order valence-electron chi connectivity index (χ4n) is 1.62. The Morgan fingerprint density at radius 3 is 3.06 bits per heavy atom. The lowest BCUT2D eigenvalue weighted by Crippen LogP contribution is -2.21. The Bertz CT molecular complexity index is 436. The van der Waals surface area contributed by atoms with E-state index in [1.807, 2.05) is 18.2 Å². The summed E-state index contributed by atoms with van der Waals surface area (Å²) in [6, 6.07) is 5.92. The molecule has 0 fully saturated rings. The molecule has 0 bridgehead atoms. The number of ether oxygens (including phenoxy) is 1. The Kier molecular flexibility index (Phi) is 3.05. The van der Waals surface area contributed by atoms with Crippen molar-refractivity contribution in [3.63, 3.8) is 0 Å². The number of guanidine groups is 1. The SMILES string of the molecule is NC(N)=NN=Cc1ccc2c(c1)CCCO2. The van der Waals surface area contributed by atoms with E-state index in [-0.39, 0.29) is 5.96 Å². The molecule has 16 heavy (non-hydrogen) atoms. The van der Waals surface area contributed by atoms with Gasteiger partial charge in [-0.25, -0.2) is 0 Å². The van der Waals surface area contributed by atoms with Crippen molar-refractivity contribution < 1.29 is 4.74 Å². The van der Waals surface area contributed by atoms with Crippen molar-refractivity contribution in [3.05, 3.63) is 29.3 Å². The van der Waals surface area contributed by atoms with Crippen LogP contribution in [0.1, 0.15) is 17.5 Å². The molecule has 0 aliphatic carbocycles. The summed E-state index contributed by atoms with van der Waals surface area (Å²) in [5.74, 6) is 0.919. The van der Waals surface area contributed by atoms with Crippen molar-refractivity contribution in [3.8, 4) is 5.75 Å². The average Bonchev–Trinajstić information content (AvgIpc) is 2.28. The van der Waals surface area contributed by atoms with Crippen molar-refractivity contribution in [1.29, 1.82) is 0 Å². The maximum atomic E-state index is 5.51. The third kappa shape index (κ3) is 2.50. The van der Waals surface area contributed by atoms with Crippen molar-refractivity contribution in [1.82, 2.24) is 0 Å². The standard InChI is InChI=1S/C11H14N4O/c12-11(13)15-14-7-8-3-4-10-9(6-8)2-1-5-16-10/h3-4,6-7H,1-2,5H2,(H4,12,13,15). The first-order chi connectivity index (χ1) is 7.75. The van der Waals surface area contributed by atoms with Gasteiger partial charge < -0.3 is 16.2 Å². The van der Waals surface area contributed by atoms with E-state index in [1.165, 1.54) is 5.56 Å². The first-order valence-electron chi connectivity index (χ1n) is 5.13. The number of hydrogen-bond donors (Lipinski definition) is 2. The molecule has 84 valence electrons. The van der Waals surface area contributed by atoms with E-state index in [1.54, 1.807) is 6.21 Å². The van der Waals surface area contributed by atoms with Gasteiger partial charge >= 0.3 is 0 Å². The molecule has 0 saturated carbocycles. The molecule has 0 amide bonds. The molecule has 5 nitrogen and oxygen atoms in total. The molecule has 2 rings (SSSR count). The van der Waals surface area contributed by atoms with Crippen LogP contribution >= 0.6 is 0 Å². The van der Waals surface area contributed by atoms with Crippen LogP contribution in [0.3, 0.4) is 0 Å². The molecule has 4 N–H and O–H groups in total. The van der Waals surface area contributed by atoms with Crippen molar-refractivity contribution in [2.45, 2.75) is 12.8 Å². The first-order valence-corrected chi connectivity index (χ1v) is 5.13. The summed E-state index contributed by atoms with van der Waals surface area (Å²) in [5.41, 5.74) is 12.5. The van der Waals surface area contributed by atoms with Crippen LogP contribution in [0.25, 0.3) is 0 Å². The lowest BCUT2D eigenvalue weighted by Gasteiger charge is -2.16. The molecular formula is C11H14N4O. The molecule has 0 spiro atoms. The molecule has 0 unspecified atom stereocenters. The van der Waals surface area contributed by atoms with E-state index in [0.29, 0.717) is 0 Å². The summed E-state index contributed by atoms with van der Waals surface area (Å²) in [5, 5.41) is 7.30. The highest BCUT2D eigenvalue weighted by Gasteiger charge is 2.09. The number of rotatable bonds is 2. The number of nitrogens with zero attached hydrogens (tertiary/aromatic N) is 2. The number of hydrogen-bond acceptors (Lipinski definition) is 3. The minimum absolute atomic E-state index is 0.0439. The number of benzene rings is 1. The Labute approximate surface area is 93.8 Å². The van der Waals surface area contributed by atoms with E-state index in [4.69, 9.17) is 16.2 Å². The Morgan fingerprint density at radius 2 is 2.25 bits per heavy atom. The summed E-state index contributed by atoms with van der Waals surface area (Å²) in [4.78, 5) is 0. The molecule has 0 radical (unpaired) electrons. The minimum atomic E-state index is -0.0439. The second-order valence-electron chi connectivity index (χ2n) is 3.59. The molecule has 5 heteroatoms. The zero-order valence-corrected chi connectivity index (χ0v) is 8.89. The third-order valence-corrected chi connectivity index (χ3v) is 2.31. The van der Waals surface area contributed by atoms with Gasteiger partial charge in [-0.15, -0.1) is 5.10 Å². The molecule has 0 saturated heterocycles. The van der Waals surface area contributed by atoms with Crippen LogP contribution in [0.2, 0.25) is 0 Å². The van der Waals surface area contributed by atoms with Gasteiger partial charge in [0.1, 0.15) is 5.75 Å². The quantitative estimate of drug-likeness (QED) is 0.433. The van der Waals surface area contributed by atoms with Crippen LogP contribution in [-0.2, 0) is 6.42 Å². The van der Waals surface area contributed by atoms with Gasteiger partial charge in [-0.3, -0.25) is 0 Å². The van der Waals surface area contributed by atoms with Gasteiger partial charge in [0.2, 0.25) is 5.96 Å². The van der Waals surface area contributed by atoms with Gasteiger partial charge in [0.25, 0.3) is 0 Å². The topological polar surface area (TPSA) is 86.0 Å². The molecular weight excluding hydrogens is 204 g/mol. The van der Waals surface area contributed by atoms with Crippen LogP contribution < -0.4 is 16.2 Å². The zero-order valence-electron chi connectivity index (χ0n) is 8.89. The maximum Gasteiger partial charge on any atom is 0.211 e. The highest BCUT2D eigenvalue weighted by molar-refractivity contribution is 5.82. The van der Waals surface area contributed by atoms with Gasteiger partial charge in [0.15, 0.2) is 0 Å². The number of aryl methyl sites for hydroxylation is 1. The maximum absolute atomic E-state index is 5.51. The summed E-state index contributed by atoms with van der Waals surface area (Å²) in [7, 11) is 0. The largest absolute Gasteiger partial charge is 0.493 e. The van der Waals surface area contributed by atoms with E-state index in [9.17, 15) is 0 Å². The molecule has 1 aromatic carbocycles. The molecule has 0 aromatic heterocycles. The Balaban J connectivity index is 2.17. The van der Waals surface area contributed by atoms with Gasteiger partial charge in [0, 0.05) is 0 Å². The molecule has 1 heterocycles. The summed E-state index contributed by atoms with van der Waals surface area (Å²) in [6.45, 7) is 0.800. The van der Waals surface area contributed by atoms with Gasteiger partial charge in [-0.1, -0.05) is 0 Å². The fraction of sp³-hybridized carbons (Fsp3) is 0.273. The van der Waals surface area contributed by atoms with Gasteiger partial charge in [-0.05, 0) is 42.2 Å². The van der Waals surface area contributed by atoms with Crippen molar-refractivity contribution >= 4 is 12.2 Å². The number of nitrogens with two attached hydrogens (primary N) is 2. The normalized spacial score (nSPS) is 14.2. The van der Waals surface area contributed by atoms with E-state index in [0.717, 1.165) is 30.8 Å². The summed E-state index contributed by atoms with van der Waals surface area (Å²) in [6.07, 6.45) is 3.72. The second kappa shape index (κ2) is 4.65. The predicted molar refractivity (Wildman–Crippen MR) is 63.7 cm³/mol. The summed E-state index contributed by atoms with van der Waals surface area (Å²) >= 11 is 0. The van der Waals surface area contributed by atoms with Crippen LogP contribution in [0, 0.1) is 0 Å². The smallest absolute Gasteiger partial charge is 0.211 e.